The lowest BCUT2D eigenvalue weighted by Crippen LogP contribution is -2.26. The molecule has 0 bridgehead atoms. The predicted molar refractivity (Wildman–Crippen MR) is 93.7 cm³/mol. The molecule has 1 aromatic heterocycles. The molecule has 0 radical (unpaired) electrons. The summed E-state index contributed by atoms with van der Waals surface area (Å²) in [7, 11) is 0. The summed E-state index contributed by atoms with van der Waals surface area (Å²) in [6.07, 6.45) is 3.18. The molecule has 0 aliphatic heterocycles. The van der Waals surface area contributed by atoms with Crippen molar-refractivity contribution in [2.24, 2.45) is 0 Å². The first-order valence-electron chi connectivity index (χ1n) is 8.28. The lowest BCUT2D eigenvalue weighted by Gasteiger charge is -2.20. The van der Waals surface area contributed by atoms with Gasteiger partial charge in [0.1, 0.15) is 11.4 Å². The summed E-state index contributed by atoms with van der Waals surface area (Å²) in [4.78, 5) is 12.4. The van der Waals surface area contributed by atoms with E-state index < -0.39 is 18.3 Å². The number of hydrogen-bond donors (Lipinski definition) is 0. The van der Waals surface area contributed by atoms with Gasteiger partial charge >= 0.3 is 6.09 Å². The predicted octanol–water partition coefficient (Wildman–Crippen LogP) is 5.21. The van der Waals surface area contributed by atoms with Crippen LogP contribution in [0.3, 0.4) is 0 Å². The highest BCUT2D eigenvalue weighted by Crippen LogP contribution is 2.36. The van der Waals surface area contributed by atoms with Crippen molar-refractivity contribution >= 4 is 28.6 Å². The summed E-state index contributed by atoms with van der Waals surface area (Å²) in [6.45, 7) is 8.55. The average Bonchev–Trinajstić information content (AvgIpc) is 2.84. The Morgan fingerprint density at radius 1 is 1.52 bits per heavy atom. The SMILES string of the molecule is [2H]C([2H])(C)Oc1cc(Cl)c2c(ccn2C(=O)OC(C)(C)C)c1CC=C. The molecule has 0 N–H and O–H groups in total. The zero-order chi connectivity index (χ0) is 19.0. The molecule has 2 rings (SSSR count). The molecule has 0 amide bonds. The zero-order valence-electron chi connectivity index (χ0n) is 15.8. The Kier molecular flexibility index (Phi) is 4.24. The van der Waals surface area contributed by atoms with Gasteiger partial charge in [0.25, 0.3) is 0 Å². The molecule has 0 aliphatic rings. The topological polar surface area (TPSA) is 40.5 Å². The number of fused-ring (bicyclic) bond motifs is 1. The molecule has 0 saturated carbocycles. The Morgan fingerprint density at radius 3 is 2.78 bits per heavy atom. The van der Waals surface area contributed by atoms with Crippen LogP contribution in [-0.2, 0) is 11.2 Å². The Hall–Kier alpha value is -1.94. The van der Waals surface area contributed by atoms with E-state index in [0.29, 0.717) is 28.6 Å². The molecule has 1 aromatic carbocycles. The number of allylic oxidation sites excluding steroid dienone is 1. The van der Waals surface area contributed by atoms with E-state index >= 15 is 0 Å². The highest BCUT2D eigenvalue weighted by molar-refractivity contribution is 6.35. The van der Waals surface area contributed by atoms with Crippen molar-refractivity contribution in [1.82, 2.24) is 4.57 Å². The largest absolute Gasteiger partial charge is 0.494 e. The minimum atomic E-state index is -1.86. The van der Waals surface area contributed by atoms with Gasteiger partial charge in [0.15, 0.2) is 0 Å². The second-order valence-electron chi connectivity index (χ2n) is 6.06. The second kappa shape index (κ2) is 6.67. The van der Waals surface area contributed by atoms with Gasteiger partial charge in [-0.3, -0.25) is 4.57 Å². The summed E-state index contributed by atoms with van der Waals surface area (Å²) in [5.74, 6) is 0.326. The minimum absolute atomic E-state index is 0.276. The molecule has 0 saturated heterocycles. The highest BCUT2D eigenvalue weighted by atomic mass is 35.5. The van der Waals surface area contributed by atoms with Gasteiger partial charge in [-0.2, -0.15) is 0 Å². The fourth-order valence-electron chi connectivity index (χ4n) is 2.34. The van der Waals surface area contributed by atoms with E-state index in [0.717, 1.165) is 0 Å². The fraction of sp³-hybridized carbons (Fsp3) is 0.389. The third-order valence-corrected chi connectivity index (χ3v) is 3.43. The van der Waals surface area contributed by atoms with E-state index in [4.69, 9.17) is 23.8 Å². The third kappa shape index (κ3) is 3.70. The van der Waals surface area contributed by atoms with Crippen molar-refractivity contribution in [3.8, 4) is 5.75 Å². The summed E-state index contributed by atoms with van der Waals surface area (Å²) in [5.41, 5.74) is 0.574. The molecule has 0 atom stereocenters. The molecule has 0 unspecified atom stereocenters. The van der Waals surface area contributed by atoms with E-state index in [9.17, 15) is 4.79 Å². The molecule has 0 spiro atoms. The average molecular weight is 338 g/mol. The standard InChI is InChI=1S/C18H22ClNO3/c1-6-8-12-13-9-10-20(17(21)23-18(3,4)5)16(13)14(19)11-15(12)22-7-2/h6,9-11H,1,7-8H2,2-5H3/i7D2. The molecular formula is C18H22ClNO3. The van der Waals surface area contributed by atoms with Gasteiger partial charge in [-0.25, -0.2) is 4.79 Å². The maximum atomic E-state index is 12.4. The molecule has 124 valence electrons. The number of ether oxygens (including phenoxy) is 2. The van der Waals surface area contributed by atoms with Crippen LogP contribution in [0.4, 0.5) is 4.79 Å². The van der Waals surface area contributed by atoms with Crippen molar-refractivity contribution in [2.75, 3.05) is 6.56 Å². The van der Waals surface area contributed by atoms with Crippen LogP contribution in [0.1, 0.15) is 36.0 Å². The van der Waals surface area contributed by atoms with Crippen LogP contribution in [0.15, 0.2) is 31.0 Å². The van der Waals surface area contributed by atoms with E-state index in [1.807, 2.05) is 0 Å². The Bertz CT molecular complexity index is 816. The van der Waals surface area contributed by atoms with Gasteiger partial charge in [-0.15, -0.1) is 6.58 Å². The van der Waals surface area contributed by atoms with Crippen LogP contribution in [-0.4, -0.2) is 22.8 Å². The third-order valence-electron chi connectivity index (χ3n) is 3.14. The van der Waals surface area contributed by atoms with Gasteiger partial charge in [-0.1, -0.05) is 17.7 Å². The first-order chi connectivity index (χ1) is 11.4. The minimum Gasteiger partial charge on any atom is -0.494 e. The van der Waals surface area contributed by atoms with Crippen molar-refractivity contribution in [3.05, 3.63) is 41.6 Å². The van der Waals surface area contributed by atoms with E-state index in [1.165, 1.54) is 17.6 Å². The van der Waals surface area contributed by atoms with Crippen LogP contribution in [0.2, 0.25) is 5.02 Å². The van der Waals surface area contributed by atoms with Gasteiger partial charge in [0.2, 0.25) is 0 Å². The summed E-state index contributed by atoms with van der Waals surface area (Å²) in [6, 6.07) is 3.26. The van der Waals surface area contributed by atoms with Gasteiger partial charge in [0.05, 0.1) is 19.8 Å². The number of aromatic nitrogens is 1. The van der Waals surface area contributed by atoms with Crippen LogP contribution in [0.5, 0.6) is 5.75 Å². The summed E-state index contributed by atoms with van der Waals surface area (Å²) < 4.78 is 27.4. The second-order valence-corrected chi connectivity index (χ2v) is 6.47. The normalized spacial score (nSPS) is 13.4. The smallest absolute Gasteiger partial charge is 0.419 e. The number of hydrogen-bond acceptors (Lipinski definition) is 3. The van der Waals surface area contributed by atoms with Gasteiger partial charge in [-0.05, 0) is 40.2 Å². The van der Waals surface area contributed by atoms with Crippen LogP contribution < -0.4 is 4.74 Å². The molecule has 0 aliphatic carbocycles. The summed E-state index contributed by atoms with van der Waals surface area (Å²) in [5, 5.41) is 0.968. The van der Waals surface area contributed by atoms with Crippen molar-refractivity contribution in [3.63, 3.8) is 0 Å². The molecule has 23 heavy (non-hydrogen) atoms. The Morgan fingerprint density at radius 2 is 2.22 bits per heavy atom. The Labute approximate surface area is 144 Å². The quantitative estimate of drug-likeness (QED) is 0.719. The molecule has 4 nitrogen and oxygen atoms in total. The van der Waals surface area contributed by atoms with Crippen LogP contribution in [0.25, 0.3) is 10.9 Å². The number of halogens is 1. The number of rotatable bonds is 4. The molecule has 1 heterocycles. The first kappa shape index (κ1) is 14.6. The number of nitrogens with zero attached hydrogens (tertiary/aromatic N) is 1. The zero-order valence-corrected chi connectivity index (χ0v) is 14.5. The number of carbonyl (C=O) groups is 1. The monoisotopic (exact) mass is 337 g/mol. The van der Waals surface area contributed by atoms with E-state index in [2.05, 4.69) is 6.58 Å². The molecule has 0 fully saturated rings. The maximum Gasteiger partial charge on any atom is 0.419 e. The Balaban J connectivity index is 2.63. The molecule has 5 heteroatoms. The van der Waals surface area contributed by atoms with E-state index in [-0.39, 0.29) is 5.02 Å². The lowest BCUT2D eigenvalue weighted by molar-refractivity contribution is 0.0544. The van der Waals surface area contributed by atoms with Crippen LogP contribution in [0, 0.1) is 0 Å². The van der Waals surface area contributed by atoms with Gasteiger partial charge in [0, 0.05) is 23.2 Å². The van der Waals surface area contributed by atoms with Crippen LogP contribution >= 0.6 is 11.6 Å². The lowest BCUT2D eigenvalue weighted by atomic mass is 10.1. The van der Waals surface area contributed by atoms with E-state index in [1.54, 1.807) is 39.1 Å². The van der Waals surface area contributed by atoms with Gasteiger partial charge < -0.3 is 9.47 Å². The maximum absolute atomic E-state index is 12.4. The van der Waals surface area contributed by atoms with Crippen molar-refractivity contribution < 1.29 is 17.0 Å². The molecule has 2 aromatic rings. The number of benzene rings is 1. The summed E-state index contributed by atoms with van der Waals surface area (Å²) >= 11 is 6.37. The van der Waals surface area contributed by atoms with Crippen molar-refractivity contribution in [1.29, 1.82) is 0 Å². The first-order valence-corrected chi connectivity index (χ1v) is 7.66. The number of carbonyl (C=O) groups excluding carboxylic acids is 1. The molecular weight excluding hydrogens is 314 g/mol. The van der Waals surface area contributed by atoms with Crippen molar-refractivity contribution in [2.45, 2.75) is 39.7 Å². The highest BCUT2D eigenvalue weighted by Gasteiger charge is 2.22. The fourth-order valence-corrected chi connectivity index (χ4v) is 2.63.